The highest BCUT2D eigenvalue weighted by atomic mass is 16.5. The highest BCUT2D eigenvalue weighted by Crippen LogP contribution is 2.21. The lowest BCUT2D eigenvalue weighted by atomic mass is 9.98. The minimum Gasteiger partial charge on any atom is -0.378 e. The van der Waals surface area contributed by atoms with E-state index in [-0.39, 0.29) is 17.5 Å². The van der Waals surface area contributed by atoms with Gasteiger partial charge in [-0.1, -0.05) is 5.16 Å². The summed E-state index contributed by atoms with van der Waals surface area (Å²) in [6, 6.07) is 0. The van der Waals surface area contributed by atoms with Crippen molar-refractivity contribution < 1.29 is 14.1 Å². The molecule has 0 radical (unpaired) electrons. The minimum absolute atomic E-state index is 0.0554. The molecule has 4 heterocycles. The van der Waals surface area contributed by atoms with Gasteiger partial charge in [0, 0.05) is 37.5 Å². The molecule has 0 N–H and O–H groups in total. The Morgan fingerprint density at radius 1 is 1.19 bits per heavy atom. The van der Waals surface area contributed by atoms with Gasteiger partial charge in [-0.3, -0.25) is 9.36 Å². The predicted molar refractivity (Wildman–Crippen MR) is 95.4 cm³/mol. The van der Waals surface area contributed by atoms with Gasteiger partial charge in [0.25, 0.3) is 0 Å². The Balaban J connectivity index is 1.48. The number of rotatable bonds is 3. The minimum atomic E-state index is -0.135. The molecule has 0 aromatic carbocycles. The molecule has 0 bridgehead atoms. The van der Waals surface area contributed by atoms with Crippen LogP contribution in [0.2, 0.25) is 0 Å². The summed E-state index contributed by atoms with van der Waals surface area (Å²) in [6.45, 7) is 7.10. The largest absolute Gasteiger partial charge is 0.378 e. The number of amides is 1. The number of carbonyl (C=O) groups is 1. The monoisotopic (exact) mass is 375 g/mol. The molecule has 0 aliphatic carbocycles. The zero-order chi connectivity index (χ0) is 19.0. The molecule has 2 aliphatic rings. The fourth-order valence-corrected chi connectivity index (χ4v) is 3.90. The van der Waals surface area contributed by atoms with Gasteiger partial charge in [0.2, 0.25) is 5.91 Å². The van der Waals surface area contributed by atoms with Crippen molar-refractivity contribution in [3.63, 3.8) is 0 Å². The van der Waals surface area contributed by atoms with Gasteiger partial charge < -0.3 is 14.2 Å². The van der Waals surface area contributed by atoms with Crippen LogP contribution in [-0.4, -0.2) is 56.6 Å². The molecule has 1 amide bonds. The fourth-order valence-electron chi connectivity index (χ4n) is 3.90. The Kier molecular flexibility index (Phi) is 4.86. The number of fused-ring (bicyclic) bond motifs is 1. The molecule has 1 saturated heterocycles. The number of hydrogen-bond donors (Lipinski definition) is 0. The van der Waals surface area contributed by atoms with Crippen LogP contribution in [0.25, 0.3) is 0 Å². The van der Waals surface area contributed by atoms with Crippen molar-refractivity contribution in [3.8, 4) is 0 Å². The molecule has 2 aromatic rings. The Morgan fingerprint density at radius 3 is 2.67 bits per heavy atom. The molecule has 27 heavy (non-hydrogen) atoms. The average molecular weight is 375 g/mol. The lowest BCUT2D eigenvalue weighted by molar-refractivity contribution is -0.140. The Labute approximate surface area is 156 Å². The first-order chi connectivity index (χ1) is 13.0. The van der Waals surface area contributed by atoms with Crippen molar-refractivity contribution in [1.29, 1.82) is 0 Å². The first-order valence-corrected chi connectivity index (χ1v) is 9.49. The summed E-state index contributed by atoms with van der Waals surface area (Å²) in [5.74, 6) is 1.59. The highest BCUT2D eigenvalue weighted by molar-refractivity contribution is 5.79. The molecule has 0 saturated carbocycles. The summed E-state index contributed by atoms with van der Waals surface area (Å²) in [6.07, 6.45) is 2.02. The number of nitrogens with zero attached hydrogens (tertiary/aromatic N) is 5. The first kappa shape index (κ1) is 18.0. The van der Waals surface area contributed by atoms with Crippen LogP contribution in [0.15, 0.2) is 9.32 Å². The Bertz CT molecular complexity index is 871. The van der Waals surface area contributed by atoms with E-state index in [4.69, 9.17) is 9.26 Å². The van der Waals surface area contributed by atoms with Crippen LogP contribution < -0.4 is 5.69 Å². The molecular weight excluding hydrogens is 350 g/mol. The van der Waals surface area contributed by atoms with Gasteiger partial charge in [-0.2, -0.15) is 5.10 Å². The third kappa shape index (κ3) is 3.43. The van der Waals surface area contributed by atoms with Gasteiger partial charge >= 0.3 is 5.69 Å². The molecule has 4 rings (SSSR count). The van der Waals surface area contributed by atoms with E-state index >= 15 is 0 Å². The lowest BCUT2D eigenvalue weighted by Gasteiger charge is -2.30. The number of aromatic nitrogens is 4. The summed E-state index contributed by atoms with van der Waals surface area (Å²) in [5, 5.41) is 8.46. The van der Waals surface area contributed by atoms with E-state index in [0.717, 1.165) is 23.5 Å². The predicted octanol–water partition coefficient (Wildman–Crippen LogP) is 0.509. The van der Waals surface area contributed by atoms with Crippen molar-refractivity contribution >= 4 is 5.91 Å². The molecule has 1 unspecified atom stereocenters. The number of carbonyl (C=O) groups excluding carboxylic acids is 1. The van der Waals surface area contributed by atoms with E-state index in [9.17, 15) is 9.59 Å². The van der Waals surface area contributed by atoms with E-state index in [1.807, 2.05) is 18.7 Å². The molecule has 1 atom stereocenters. The third-order valence-electron chi connectivity index (χ3n) is 5.58. The lowest BCUT2D eigenvalue weighted by Crippen LogP contribution is -2.44. The zero-order valence-electron chi connectivity index (χ0n) is 15.8. The van der Waals surface area contributed by atoms with E-state index < -0.39 is 0 Å². The van der Waals surface area contributed by atoms with Crippen LogP contribution in [-0.2, 0) is 29.0 Å². The van der Waals surface area contributed by atoms with Crippen LogP contribution in [0.5, 0.6) is 0 Å². The SMILES string of the molecule is Cc1noc(C)c1Cn1nc2n(c1=O)CCC(C(=O)N1CCOCC1)CC2. The summed E-state index contributed by atoms with van der Waals surface area (Å²) >= 11 is 0. The van der Waals surface area contributed by atoms with Crippen LogP contribution >= 0.6 is 0 Å². The van der Waals surface area contributed by atoms with Gasteiger partial charge in [0.1, 0.15) is 11.6 Å². The number of hydrogen-bond acceptors (Lipinski definition) is 6. The second-order valence-electron chi connectivity index (χ2n) is 7.27. The summed E-state index contributed by atoms with van der Waals surface area (Å²) in [5.41, 5.74) is 1.54. The molecule has 146 valence electrons. The van der Waals surface area contributed by atoms with E-state index in [1.54, 1.807) is 4.57 Å². The van der Waals surface area contributed by atoms with E-state index in [0.29, 0.717) is 58.0 Å². The van der Waals surface area contributed by atoms with Crippen LogP contribution in [0, 0.1) is 19.8 Å². The van der Waals surface area contributed by atoms with Crippen molar-refractivity contribution in [3.05, 3.63) is 33.3 Å². The second kappa shape index (κ2) is 7.30. The Morgan fingerprint density at radius 2 is 1.96 bits per heavy atom. The van der Waals surface area contributed by atoms with Crippen molar-refractivity contribution in [2.24, 2.45) is 5.92 Å². The van der Waals surface area contributed by atoms with Gasteiger partial charge in [0.05, 0.1) is 25.5 Å². The van der Waals surface area contributed by atoms with Crippen molar-refractivity contribution in [2.45, 2.75) is 46.2 Å². The maximum Gasteiger partial charge on any atom is 0.346 e. The summed E-state index contributed by atoms with van der Waals surface area (Å²) in [7, 11) is 0. The molecule has 2 aromatic heterocycles. The zero-order valence-corrected chi connectivity index (χ0v) is 15.8. The number of morpholine rings is 1. The molecule has 9 heteroatoms. The van der Waals surface area contributed by atoms with Crippen LogP contribution in [0.4, 0.5) is 0 Å². The highest BCUT2D eigenvalue weighted by Gasteiger charge is 2.29. The van der Waals surface area contributed by atoms with Gasteiger partial charge in [-0.05, 0) is 26.7 Å². The van der Waals surface area contributed by atoms with Gasteiger partial charge in [-0.15, -0.1) is 0 Å². The van der Waals surface area contributed by atoms with Crippen molar-refractivity contribution in [1.82, 2.24) is 24.4 Å². The van der Waals surface area contributed by atoms with E-state index in [2.05, 4.69) is 10.3 Å². The topological polar surface area (TPSA) is 95.4 Å². The molecule has 0 spiro atoms. The standard InChI is InChI=1S/C18H25N5O4/c1-12-15(13(2)27-20-12)11-23-18(25)22-6-5-14(3-4-16(22)19-23)17(24)21-7-9-26-10-8-21/h14H,3-11H2,1-2H3. The summed E-state index contributed by atoms with van der Waals surface area (Å²) in [4.78, 5) is 27.4. The van der Waals surface area contributed by atoms with Crippen LogP contribution in [0.1, 0.15) is 35.7 Å². The van der Waals surface area contributed by atoms with Crippen LogP contribution in [0.3, 0.4) is 0 Å². The normalized spacial score (nSPS) is 20.4. The number of ether oxygens (including phenoxy) is 1. The smallest absolute Gasteiger partial charge is 0.346 e. The van der Waals surface area contributed by atoms with Gasteiger partial charge in [0.15, 0.2) is 0 Å². The summed E-state index contributed by atoms with van der Waals surface area (Å²) < 4.78 is 13.7. The number of aryl methyl sites for hydroxylation is 3. The molecule has 2 aliphatic heterocycles. The maximum atomic E-state index is 12.8. The Hall–Kier alpha value is -2.42. The van der Waals surface area contributed by atoms with E-state index in [1.165, 1.54) is 4.68 Å². The van der Waals surface area contributed by atoms with Gasteiger partial charge in [-0.25, -0.2) is 9.48 Å². The average Bonchev–Trinajstić information content (AvgIpc) is 3.06. The third-order valence-corrected chi connectivity index (χ3v) is 5.58. The van der Waals surface area contributed by atoms with Crippen molar-refractivity contribution in [2.75, 3.05) is 26.3 Å². The maximum absolute atomic E-state index is 12.8. The molecule has 1 fully saturated rings. The fraction of sp³-hybridized carbons (Fsp3) is 0.667. The second-order valence-corrected chi connectivity index (χ2v) is 7.27. The quantitative estimate of drug-likeness (QED) is 0.776. The molecule has 9 nitrogen and oxygen atoms in total. The molecular formula is C18H25N5O4. The first-order valence-electron chi connectivity index (χ1n) is 9.49.